The van der Waals surface area contributed by atoms with Crippen LogP contribution in [0.25, 0.3) is 0 Å². The van der Waals surface area contributed by atoms with Crippen molar-refractivity contribution in [2.75, 3.05) is 40.3 Å². The average molecular weight is 381 g/mol. The molecule has 1 aromatic carbocycles. The van der Waals surface area contributed by atoms with Gasteiger partial charge in [0, 0.05) is 51.8 Å². The Labute approximate surface area is 155 Å². The molecule has 2 saturated heterocycles. The fraction of sp³-hybridized carbons (Fsp3) is 0.500. The van der Waals surface area contributed by atoms with Gasteiger partial charge in [-0.3, -0.25) is 9.59 Å². The van der Waals surface area contributed by atoms with E-state index in [4.69, 9.17) is 0 Å². The summed E-state index contributed by atoms with van der Waals surface area (Å²) in [5.41, 5.74) is -1.30. The summed E-state index contributed by atoms with van der Waals surface area (Å²) < 4.78 is 27.1. The van der Waals surface area contributed by atoms with Gasteiger partial charge in [-0.05, 0) is 6.07 Å². The number of urea groups is 1. The van der Waals surface area contributed by atoms with Crippen LogP contribution in [0.2, 0.25) is 0 Å². The van der Waals surface area contributed by atoms with Crippen LogP contribution in [0, 0.1) is 23.0 Å². The molecule has 0 aliphatic carbocycles. The zero-order chi connectivity index (χ0) is 19.9. The number of hydrogen-bond donors (Lipinski definition) is 1. The maximum absolute atomic E-state index is 13.8. The third-order valence-corrected chi connectivity index (χ3v) is 5.41. The Bertz CT molecular complexity index is 801. The van der Waals surface area contributed by atoms with Gasteiger partial charge >= 0.3 is 12.0 Å². The minimum Gasteiger partial charge on any atom is -0.481 e. The Morgan fingerprint density at radius 3 is 2.41 bits per heavy atom. The number of carbonyl (C=O) groups excluding carboxylic acids is 2. The minimum atomic E-state index is -1.23. The first-order chi connectivity index (χ1) is 12.7. The normalized spacial score (nSPS) is 24.1. The van der Waals surface area contributed by atoms with Crippen molar-refractivity contribution >= 4 is 17.9 Å². The predicted octanol–water partition coefficient (Wildman–Crippen LogP) is 1.03. The van der Waals surface area contributed by atoms with E-state index in [1.165, 1.54) is 26.8 Å². The molecule has 2 atom stereocenters. The van der Waals surface area contributed by atoms with E-state index in [1.54, 1.807) is 14.1 Å². The second-order valence-electron chi connectivity index (χ2n) is 7.38. The molecule has 2 aliphatic rings. The van der Waals surface area contributed by atoms with Crippen molar-refractivity contribution < 1.29 is 28.3 Å². The van der Waals surface area contributed by atoms with Crippen molar-refractivity contribution in [2.45, 2.75) is 6.42 Å². The third-order valence-electron chi connectivity index (χ3n) is 5.41. The molecule has 0 bridgehead atoms. The van der Waals surface area contributed by atoms with Gasteiger partial charge in [0.15, 0.2) is 11.6 Å². The first kappa shape index (κ1) is 19.1. The van der Waals surface area contributed by atoms with Crippen molar-refractivity contribution in [3.8, 4) is 0 Å². The smallest absolute Gasteiger partial charge is 0.319 e. The minimum absolute atomic E-state index is 0.0160. The highest BCUT2D eigenvalue weighted by molar-refractivity contribution is 5.84. The van der Waals surface area contributed by atoms with Gasteiger partial charge in [0.25, 0.3) is 0 Å². The number of likely N-dealkylation sites (tertiary alicyclic amines) is 2. The summed E-state index contributed by atoms with van der Waals surface area (Å²) in [5.74, 6) is -4.02. The Morgan fingerprint density at radius 1 is 1.19 bits per heavy atom. The van der Waals surface area contributed by atoms with Crippen molar-refractivity contribution in [3.05, 3.63) is 35.4 Å². The lowest BCUT2D eigenvalue weighted by atomic mass is 9.81. The average Bonchev–Trinajstić information content (AvgIpc) is 3.13. The highest BCUT2D eigenvalue weighted by Crippen LogP contribution is 2.43. The molecule has 0 unspecified atom stereocenters. The number of aliphatic carboxylic acids is 1. The number of fused-ring (bicyclic) bond motifs is 1. The summed E-state index contributed by atoms with van der Waals surface area (Å²) in [7, 11) is 3.18. The Balaban J connectivity index is 1.75. The van der Waals surface area contributed by atoms with Crippen LogP contribution in [0.4, 0.5) is 13.6 Å². The lowest BCUT2D eigenvalue weighted by molar-refractivity contribution is -0.149. The van der Waals surface area contributed by atoms with Crippen LogP contribution in [0.3, 0.4) is 0 Å². The first-order valence-electron chi connectivity index (χ1n) is 8.56. The van der Waals surface area contributed by atoms with E-state index in [0.717, 1.165) is 6.07 Å². The standard InChI is InChI=1S/C18H21F2N3O4/c1-21(2)17(27)23-8-12-7-22(9-18(12,10-23)16(25)26)14(24)6-11-4-3-5-13(19)15(11)20/h3-5,12H,6-10H2,1-2H3,(H,25,26)/t12-,18-/m1/s1. The topological polar surface area (TPSA) is 81.2 Å². The van der Waals surface area contributed by atoms with Crippen LogP contribution in [0.1, 0.15) is 5.56 Å². The van der Waals surface area contributed by atoms with Gasteiger partial charge in [-0.25, -0.2) is 13.6 Å². The van der Waals surface area contributed by atoms with Crippen LogP contribution in [-0.4, -0.2) is 78.0 Å². The lowest BCUT2D eigenvalue weighted by Gasteiger charge is -2.27. The monoisotopic (exact) mass is 381 g/mol. The van der Waals surface area contributed by atoms with E-state index >= 15 is 0 Å². The maximum Gasteiger partial charge on any atom is 0.319 e. The molecular formula is C18H21F2N3O4. The van der Waals surface area contributed by atoms with E-state index < -0.39 is 34.8 Å². The van der Waals surface area contributed by atoms with Gasteiger partial charge < -0.3 is 19.8 Å². The molecule has 0 spiro atoms. The molecule has 7 nitrogen and oxygen atoms in total. The number of benzene rings is 1. The number of hydrogen-bond acceptors (Lipinski definition) is 3. The van der Waals surface area contributed by atoms with Gasteiger partial charge in [0.2, 0.25) is 5.91 Å². The van der Waals surface area contributed by atoms with Crippen LogP contribution in [-0.2, 0) is 16.0 Å². The number of carboxylic acids is 1. The lowest BCUT2D eigenvalue weighted by Crippen LogP contribution is -2.45. The molecule has 3 rings (SSSR count). The van der Waals surface area contributed by atoms with Crippen LogP contribution in [0.15, 0.2) is 18.2 Å². The van der Waals surface area contributed by atoms with Crippen LogP contribution in [0.5, 0.6) is 0 Å². The van der Waals surface area contributed by atoms with E-state index in [9.17, 15) is 28.3 Å². The Kier molecular flexibility index (Phi) is 4.79. The summed E-state index contributed by atoms with van der Waals surface area (Å²) in [5, 5.41) is 9.78. The molecule has 0 saturated carbocycles. The molecule has 2 heterocycles. The fourth-order valence-corrected chi connectivity index (χ4v) is 3.95. The van der Waals surface area contributed by atoms with Gasteiger partial charge in [0.1, 0.15) is 5.41 Å². The number of nitrogens with zero attached hydrogens (tertiary/aromatic N) is 3. The van der Waals surface area contributed by atoms with E-state index in [0.29, 0.717) is 0 Å². The summed E-state index contributed by atoms with van der Waals surface area (Å²) in [6.07, 6.45) is -0.341. The first-order valence-corrected chi connectivity index (χ1v) is 8.56. The zero-order valence-electron chi connectivity index (χ0n) is 15.1. The highest BCUT2D eigenvalue weighted by Gasteiger charge is 2.59. The SMILES string of the molecule is CN(C)C(=O)N1C[C@H]2CN(C(=O)Cc3cccc(F)c3F)C[C@@]2(C(=O)O)C1. The summed E-state index contributed by atoms with van der Waals surface area (Å²) >= 11 is 0. The molecule has 1 N–H and O–H groups in total. The quantitative estimate of drug-likeness (QED) is 0.848. The Morgan fingerprint density at radius 2 is 1.81 bits per heavy atom. The van der Waals surface area contributed by atoms with Crippen molar-refractivity contribution in [1.29, 1.82) is 0 Å². The molecular weight excluding hydrogens is 360 g/mol. The van der Waals surface area contributed by atoms with E-state index in [1.807, 2.05) is 0 Å². The largest absolute Gasteiger partial charge is 0.481 e. The van der Waals surface area contributed by atoms with Crippen molar-refractivity contribution in [3.63, 3.8) is 0 Å². The number of carboxylic acid groups (broad SMARTS) is 1. The third kappa shape index (κ3) is 3.22. The van der Waals surface area contributed by atoms with Gasteiger partial charge in [-0.1, -0.05) is 12.1 Å². The molecule has 0 radical (unpaired) electrons. The number of rotatable bonds is 3. The Hall–Kier alpha value is -2.71. The van der Waals surface area contributed by atoms with Gasteiger partial charge in [-0.15, -0.1) is 0 Å². The molecule has 0 aromatic heterocycles. The van der Waals surface area contributed by atoms with E-state index in [-0.39, 0.29) is 44.2 Å². The summed E-state index contributed by atoms with van der Waals surface area (Å²) in [6.45, 7) is 0.364. The summed E-state index contributed by atoms with van der Waals surface area (Å²) in [6, 6.07) is 3.35. The van der Waals surface area contributed by atoms with Gasteiger partial charge in [0.05, 0.1) is 6.42 Å². The number of amides is 3. The zero-order valence-corrected chi connectivity index (χ0v) is 15.1. The van der Waals surface area contributed by atoms with Crippen LogP contribution < -0.4 is 0 Å². The van der Waals surface area contributed by atoms with Crippen molar-refractivity contribution in [2.24, 2.45) is 11.3 Å². The molecule has 1 aromatic rings. The second-order valence-corrected chi connectivity index (χ2v) is 7.38. The number of halogens is 2. The van der Waals surface area contributed by atoms with Crippen molar-refractivity contribution in [1.82, 2.24) is 14.7 Å². The van der Waals surface area contributed by atoms with E-state index in [2.05, 4.69) is 0 Å². The molecule has 2 fully saturated rings. The molecule has 3 amide bonds. The fourth-order valence-electron chi connectivity index (χ4n) is 3.95. The molecule has 27 heavy (non-hydrogen) atoms. The number of carbonyl (C=O) groups is 3. The maximum atomic E-state index is 13.8. The predicted molar refractivity (Wildman–Crippen MR) is 90.9 cm³/mol. The van der Waals surface area contributed by atoms with Crippen LogP contribution >= 0.6 is 0 Å². The molecule has 9 heteroatoms. The second kappa shape index (κ2) is 6.79. The highest BCUT2D eigenvalue weighted by atomic mass is 19.2. The van der Waals surface area contributed by atoms with Gasteiger partial charge in [-0.2, -0.15) is 0 Å². The summed E-state index contributed by atoms with van der Waals surface area (Å²) in [4.78, 5) is 40.9. The molecule has 2 aliphatic heterocycles. The molecule has 146 valence electrons.